The van der Waals surface area contributed by atoms with Crippen LogP contribution in [0.4, 0.5) is 13.2 Å². The molecule has 3 aromatic rings. The van der Waals surface area contributed by atoms with Gasteiger partial charge in [-0.15, -0.1) is 0 Å². The maximum Gasteiger partial charge on any atom is 0.490 e. The number of piperidine rings is 1. The molecular formula is C32H40F3N3O2. The summed E-state index contributed by atoms with van der Waals surface area (Å²) in [7, 11) is 0. The fourth-order valence-electron chi connectivity index (χ4n) is 4.58. The molecule has 5 nitrogen and oxygen atoms in total. The summed E-state index contributed by atoms with van der Waals surface area (Å²) in [5.41, 5.74) is 6.71. The van der Waals surface area contributed by atoms with E-state index in [2.05, 4.69) is 108 Å². The molecule has 0 unspecified atom stereocenters. The molecule has 0 aromatic heterocycles. The highest BCUT2D eigenvalue weighted by atomic mass is 19.4. The van der Waals surface area contributed by atoms with Crippen molar-refractivity contribution in [3.63, 3.8) is 0 Å². The van der Waals surface area contributed by atoms with Crippen molar-refractivity contribution in [1.29, 1.82) is 0 Å². The van der Waals surface area contributed by atoms with Crippen LogP contribution >= 0.6 is 0 Å². The van der Waals surface area contributed by atoms with Gasteiger partial charge in [0.1, 0.15) is 0 Å². The highest BCUT2D eigenvalue weighted by molar-refractivity contribution is 5.73. The lowest BCUT2D eigenvalue weighted by molar-refractivity contribution is -0.192. The molecule has 1 heterocycles. The Labute approximate surface area is 235 Å². The second-order valence-electron chi connectivity index (χ2n) is 10.6. The third-order valence-electron chi connectivity index (χ3n) is 6.77. The minimum absolute atomic E-state index is 0.617. The Morgan fingerprint density at radius 2 is 1.50 bits per heavy atom. The van der Waals surface area contributed by atoms with Crippen LogP contribution in [-0.2, 0) is 24.4 Å². The van der Waals surface area contributed by atoms with E-state index in [9.17, 15) is 13.2 Å². The minimum atomic E-state index is -5.08. The molecule has 0 spiro atoms. The molecule has 1 aliphatic heterocycles. The molecule has 3 aromatic carbocycles. The molecule has 216 valence electrons. The number of alkyl halides is 3. The number of carboxylic acid groups (broad SMARTS) is 1. The normalized spacial score (nSPS) is 14.6. The van der Waals surface area contributed by atoms with Gasteiger partial charge in [0.25, 0.3) is 0 Å². The first kappa shape index (κ1) is 31.3. The molecule has 4 rings (SSSR count). The number of aliphatic carboxylic acids is 1. The lowest BCUT2D eigenvalue weighted by Gasteiger charge is -2.32. The summed E-state index contributed by atoms with van der Waals surface area (Å²) in [6, 6.07) is 29.4. The van der Waals surface area contributed by atoms with E-state index < -0.39 is 12.1 Å². The number of hydrogen-bond acceptors (Lipinski definition) is 4. The quantitative estimate of drug-likeness (QED) is 0.267. The first-order valence-corrected chi connectivity index (χ1v) is 13.8. The third kappa shape index (κ3) is 11.1. The molecule has 0 atom stereocenters. The summed E-state index contributed by atoms with van der Waals surface area (Å²) in [6.45, 7) is 10.8. The summed E-state index contributed by atoms with van der Waals surface area (Å²) in [4.78, 5) is 11.5. The Bertz CT molecular complexity index is 1160. The number of carboxylic acids is 1. The van der Waals surface area contributed by atoms with E-state index in [-0.39, 0.29) is 0 Å². The van der Waals surface area contributed by atoms with Crippen LogP contribution < -0.4 is 10.6 Å². The number of hydrogen-bond donors (Lipinski definition) is 3. The van der Waals surface area contributed by atoms with Crippen molar-refractivity contribution in [2.45, 2.75) is 58.5 Å². The zero-order valence-electron chi connectivity index (χ0n) is 23.3. The van der Waals surface area contributed by atoms with E-state index in [1.807, 2.05) is 0 Å². The second kappa shape index (κ2) is 15.6. The summed E-state index contributed by atoms with van der Waals surface area (Å²) in [6.07, 6.45) is -2.63. The summed E-state index contributed by atoms with van der Waals surface area (Å²) in [5, 5.41) is 14.5. The van der Waals surface area contributed by atoms with Crippen LogP contribution in [0, 0.1) is 5.92 Å². The Hall–Kier alpha value is -3.20. The number of nitrogens with zero attached hydrogens (tertiary/aromatic N) is 1. The summed E-state index contributed by atoms with van der Waals surface area (Å²) >= 11 is 0. The zero-order chi connectivity index (χ0) is 29.0. The van der Waals surface area contributed by atoms with Gasteiger partial charge in [0, 0.05) is 25.7 Å². The topological polar surface area (TPSA) is 64.6 Å². The van der Waals surface area contributed by atoms with E-state index in [4.69, 9.17) is 9.90 Å². The van der Waals surface area contributed by atoms with Gasteiger partial charge in [0.05, 0.1) is 0 Å². The van der Waals surface area contributed by atoms with Gasteiger partial charge in [-0.25, -0.2) is 4.79 Å². The van der Waals surface area contributed by atoms with E-state index >= 15 is 0 Å². The largest absolute Gasteiger partial charge is 0.490 e. The third-order valence-corrected chi connectivity index (χ3v) is 6.77. The van der Waals surface area contributed by atoms with Gasteiger partial charge < -0.3 is 15.7 Å². The van der Waals surface area contributed by atoms with Gasteiger partial charge in [0.2, 0.25) is 0 Å². The lowest BCUT2D eigenvalue weighted by Crippen LogP contribution is -2.41. The second-order valence-corrected chi connectivity index (χ2v) is 10.6. The van der Waals surface area contributed by atoms with Crippen molar-refractivity contribution in [3.8, 4) is 11.1 Å². The summed E-state index contributed by atoms with van der Waals surface area (Å²) < 4.78 is 31.7. The molecule has 0 radical (unpaired) electrons. The molecule has 8 heteroatoms. The van der Waals surface area contributed by atoms with Crippen LogP contribution in [0.2, 0.25) is 0 Å². The van der Waals surface area contributed by atoms with Gasteiger partial charge in [-0.2, -0.15) is 13.2 Å². The predicted molar refractivity (Wildman–Crippen MR) is 154 cm³/mol. The first-order chi connectivity index (χ1) is 19.1. The molecule has 40 heavy (non-hydrogen) atoms. The number of halogens is 3. The lowest BCUT2D eigenvalue weighted by atomic mass is 10.0. The monoisotopic (exact) mass is 555 g/mol. The van der Waals surface area contributed by atoms with Crippen molar-refractivity contribution in [1.82, 2.24) is 15.5 Å². The SMILES string of the molecule is CC(C)CNCc1cccc(-c2ccc(CNC3CCN(Cc4ccccc4)CC3)cc2)c1.O=C(O)C(F)(F)F. The molecule has 0 saturated carbocycles. The number of rotatable bonds is 10. The zero-order valence-corrected chi connectivity index (χ0v) is 23.3. The van der Waals surface area contributed by atoms with Gasteiger partial charge in [-0.3, -0.25) is 4.90 Å². The Balaban J connectivity index is 0.000000559. The molecule has 1 fully saturated rings. The van der Waals surface area contributed by atoms with Crippen molar-refractivity contribution in [3.05, 3.63) is 95.6 Å². The van der Waals surface area contributed by atoms with Gasteiger partial charge in [-0.1, -0.05) is 86.6 Å². The molecular weight excluding hydrogens is 515 g/mol. The first-order valence-electron chi connectivity index (χ1n) is 13.8. The predicted octanol–water partition coefficient (Wildman–Crippen LogP) is 6.49. The van der Waals surface area contributed by atoms with Crippen molar-refractivity contribution in [2.24, 2.45) is 5.92 Å². The van der Waals surface area contributed by atoms with Crippen LogP contribution in [0.15, 0.2) is 78.9 Å². The Kier molecular flexibility index (Phi) is 12.2. The van der Waals surface area contributed by atoms with Crippen LogP contribution in [0.3, 0.4) is 0 Å². The molecule has 0 aliphatic carbocycles. The molecule has 1 saturated heterocycles. The van der Waals surface area contributed by atoms with E-state index in [1.54, 1.807) is 0 Å². The van der Waals surface area contributed by atoms with Crippen LogP contribution in [-0.4, -0.2) is 47.8 Å². The highest BCUT2D eigenvalue weighted by Crippen LogP contribution is 2.22. The fourth-order valence-corrected chi connectivity index (χ4v) is 4.58. The number of carbonyl (C=O) groups is 1. The molecule has 1 aliphatic rings. The van der Waals surface area contributed by atoms with E-state index in [0.29, 0.717) is 12.0 Å². The minimum Gasteiger partial charge on any atom is -0.475 e. The maximum atomic E-state index is 10.6. The highest BCUT2D eigenvalue weighted by Gasteiger charge is 2.38. The van der Waals surface area contributed by atoms with Crippen LogP contribution in [0.5, 0.6) is 0 Å². The number of benzene rings is 3. The van der Waals surface area contributed by atoms with E-state index in [0.717, 1.165) is 26.2 Å². The van der Waals surface area contributed by atoms with Gasteiger partial charge >= 0.3 is 12.1 Å². The van der Waals surface area contributed by atoms with Crippen LogP contribution in [0.1, 0.15) is 43.4 Å². The van der Waals surface area contributed by atoms with Crippen LogP contribution in [0.25, 0.3) is 11.1 Å². The van der Waals surface area contributed by atoms with Crippen molar-refractivity contribution >= 4 is 5.97 Å². The number of nitrogens with one attached hydrogen (secondary N) is 2. The number of likely N-dealkylation sites (tertiary alicyclic amines) is 1. The molecule has 0 bridgehead atoms. The van der Waals surface area contributed by atoms with E-state index in [1.165, 1.54) is 53.7 Å². The van der Waals surface area contributed by atoms with Gasteiger partial charge in [-0.05, 0) is 72.3 Å². The van der Waals surface area contributed by atoms with Gasteiger partial charge in [0.15, 0.2) is 0 Å². The fraction of sp³-hybridized carbons (Fsp3) is 0.406. The molecule has 0 amide bonds. The summed E-state index contributed by atoms with van der Waals surface area (Å²) in [5.74, 6) is -2.08. The van der Waals surface area contributed by atoms with Crippen molar-refractivity contribution in [2.75, 3.05) is 19.6 Å². The van der Waals surface area contributed by atoms with Crippen molar-refractivity contribution < 1.29 is 23.1 Å². The average Bonchev–Trinajstić information content (AvgIpc) is 2.93. The Morgan fingerprint density at radius 1 is 0.875 bits per heavy atom. The Morgan fingerprint density at radius 3 is 2.10 bits per heavy atom. The smallest absolute Gasteiger partial charge is 0.475 e. The average molecular weight is 556 g/mol. The standard InChI is InChI=1S/C30H39N3.C2HF3O2/c1-24(2)20-31-21-27-9-6-10-29(19-27)28-13-11-25(12-14-28)22-32-30-15-17-33(18-16-30)23-26-7-4-3-5-8-26;3-2(4,5)1(6)7/h3-14,19,24,30-32H,15-18,20-23H2,1-2H3;(H,6,7). The maximum absolute atomic E-state index is 10.6. The molecule has 3 N–H and O–H groups in total.